The van der Waals surface area contributed by atoms with Gasteiger partial charge in [0.2, 0.25) is 5.88 Å². The standard InChI is InChI=1S/C9H15N3O2S/c1-14-9-6-8(11-7-12-9)10-4-3-5-15(2)13/h6-7H,3-5H2,1-2H3,(H,10,11,12). The maximum Gasteiger partial charge on any atom is 0.218 e. The Kier molecular flexibility index (Phi) is 5.03. The van der Waals surface area contributed by atoms with E-state index in [4.69, 9.17) is 4.74 Å². The molecule has 0 aromatic carbocycles. The van der Waals surface area contributed by atoms with Crippen molar-refractivity contribution in [3.63, 3.8) is 0 Å². The van der Waals surface area contributed by atoms with Gasteiger partial charge in [-0.3, -0.25) is 4.21 Å². The summed E-state index contributed by atoms with van der Waals surface area (Å²) in [6.45, 7) is 0.750. The van der Waals surface area contributed by atoms with E-state index in [9.17, 15) is 4.21 Å². The molecule has 15 heavy (non-hydrogen) atoms. The van der Waals surface area contributed by atoms with E-state index < -0.39 is 10.8 Å². The molecule has 1 unspecified atom stereocenters. The first-order chi connectivity index (χ1) is 7.22. The van der Waals surface area contributed by atoms with Crippen LogP contribution in [0.4, 0.5) is 5.82 Å². The van der Waals surface area contributed by atoms with Crippen LogP contribution in [0, 0.1) is 0 Å². The molecule has 0 aliphatic rings. The van der Waals surface area contributed by atoms with Gasteiger partial charge in [-0.2, -0.15) is 0 Å². The van der Waals surface area contributed by atoms with E-state index >= 15 is 0 Å². The number of hydrogen-bond donors (Lipinski definition) is 1. The van der Waals surface area contributed by atoms with Crippen molar-refractivity contribution < 1.29 is 8.95 Å². The highest BCUT2D eigenvalue weighted by Crippen LogP contribution is 2.09. The molecule has 0 spiro atoms. The summed E-state index contributed by atoms with van der Waals surface area (Å²) < 4.78 is 15.8. The molecule has 1 aromatic rings. The third-order valence-corrected chi connectivity index (χ3v) is 2.63. The summed E-state index contributed by atoms with van der Waals surface area (Å²) in [6, 6.07) is 1.73. The second kappa shape index (κ2) is 6.34. The van der Waals surface area contributed by atoms with Gasteiger partial charge in [0, 0.05) is 35.4 Å². The van der Waals surface area contributed by atoms with E-state index in [0.717, 1.165) is 18.8 Å². The largest absolute Gasteiger partial charge is 0.481 e. The van der Waals surface area contributed by atoms with Gasteiger partial charge in [0.15, 0.2) is 0 Å². The van der Waals surface area contributed by atoms with Crippen molar-refractivity contribution >= 4 is 16.6 Å². The summed E-state index contributed by atoms with van der Waals surface area (Å²) in [7, 11) is 0.835. The van der Waals surface area contributed by atoms with Crippen molar-refractivity contribution in [3.05, 3.63) is 12.4 Å². The number of nitrogens with zero attached hydrogens (tertiary/aromatic N) is 2. The lowest BCUT2D eigenvalue weighted by Crippen LogP contribution is -2.07. The molecule has 5 nitrogen and oxygen atoms in total. The Bertz CT molecular complexity index is 333. The predicted octanol–water partition coefficient (Wildman–Crippen LogP) is 0.666. The monoisotopic (exact) mass is 229 g/mol. The van der Waals surface area contributed by atoms with Crippen LogP contribution in [0.1, 0.15) is 6.42 Å². The van der Waals surface area contributed by atoms with Crippen LogP contribution in [0.2, 0.25) is 0 Å². The quantitative estimate of drug-likeness (QED) is 0.726. The molecule has 84 valence electrons. The molecule has 1 aromatic heterocycles. The van der Waals surface area contributed by atoms with Crippen LogP contribution in [-0.2, 0) is 10.8 Å². The van der Waals surface area contributed by atoms with Crippen molar-refractivity contribution in [2.75, 3.05) is 31.0 Å². The van der Waals surface area contributed by atoms with E-state index in [1.165, 1.54) is 6.33 Å². The molecule has 6 heteroatoms. The molecule has 1 rings (SSSR count). The second-order valence-corrected chi connectivity index (χ2v) is 4.56. The number of ether oxygens (including phenoxy) is 1. The van der Waals surface area contributed by atoms with Crippen LogP contribution < -0.4 is 10.1 Å². The van der Waals surface area contributed by atoms with Gasteiger partial charge in [-0.25, -0.2) is 9.97 Å². The molecular weight excluding hydrogens is 214 g/mol. The lowest BCUT2D eigenvalue weighted by atomic mass is 10.4. The summed E-state index contributed by atoms with van der Waals surface area (Å²) in [5, 5.41) is 3.11. The van der Waals surface area contributed by atoms with E-state index in [1.807, 2.05) is 0 Å². The molecule has 0 aliphatic heterocycles. The van der Waals surface area contributed by atoms with Crippen LogP contribution in [0.5, 0.6) is 5.88 Å². The fraction of sp³-hybridized carbons (Fsp3) is 0.556. The van der Waals surface area contributed by atoms with Gasteiger partial charge in [-0.1, -0.05) is 0 Å². The Labute approximate surface area is 91.7 Å². The first kappa shape index (κ1) is 11.9. The molecular formula is C9H15N3O2S. The highest BCUT2D eigenvalue weighted by atomic mass is 32.2. The maximum atomic E-state index is 10.8. The Hall–Kier alpha value is -1.17. The number of hydrogen-bond acceptors (Lipinski definition) is 5. The molecule has 0 radical (unpaired) electrons. The summed E-state index contributed by atoms with van der Waals surface area (Å²) in [4.78, 5) is 7.92. The first-order valence-electron chi connectivity index (χ1n) is 4.62. The van der Waals surface area contributed by atoms with Gasteiger partial charge >= 0.3 is 0 Å². The van der Waals surface area contributed by atoms with Crippen molar-refractivity contribution in [1.82, 2.24) is 9.97 Å². The fourth-order valence-electron chi connectivity index (χ4n) is 1.04. The van der Waals surface area contributed by atoms with Gasteiger partial charge in [-0.05, 0) is 6.42 Å². The predicted molar refractivity (Wildman–Crippen MR) is 60.6 cm³/mol. The highest BCUT2D eigenvalue weighted by molar-refractivity contribution is 7.84. The number of aromatic nitrogens is 2. The summed E-state index contributed by atoms with van der Waals surface area (Å²) in [5.74, 6) is 1.96. The minimum absolute atomic E-state index is 0.534. The lowest BCUT2D eigenvalue weighted by Gasteiger charge is -2.05. The molecule has 1 N–H and O–H groups in total. The smallest absolute Gasteiger partial charge is 0.218 e. The van der Waals surface area contributed by atoms with Crippen molar-refractivity contribution in [2.24, 2.45) is 0 Å². The minimum atomic E-state index is -0.727. The van der Waals surface area contributed by atoms with Crippen LogP contribution in [-0.4, -0.2) is 39.8 Å². The fourth-order valence-corrected chi connectivity index (χ4v) is 1.59. The zero-order valence-electron chi connectivity index (χ0n) is 8.90. The summed E-state index contributed by atoms with van der Waals surface area (Å²) in [6.07, 6.45) is 4.00. The molecule has 0 fully saturated rings. The molecule has 0 aliphatic carbocycles. The normalized spacial score (nSPS) is 12.1. The van der Waals surface area contributed by atoms with Crippen LogP contribution in [0.25, 0.3) is 0 Å². The molecule has 1 heterocycles. The molecule has 1 atom stereocenters. The molecule has 0 bridgehead atoms. The topological polar surface area (TPSA) is 64.1 Å². The van der Waals surface area contributed by atoms with E-state index in [2.05, 4.69) is 15.3 Å². The molecule has 0 amide bonds. The van der Waals surface area contributed by atoms with E-state index in [-0.39, 0.29) is 0 Å². The number of nitrogens with one attached hydrogen (secondary N) is 1. The van der Waals surface area contributed by atoms with Gasteiger partial charge < -0.3 is 10.1 Å². The highest BCUT2D eigenvalue weighted by Gasteiger charge is 1.97. The molecule has 0 saturated carbocycles. The number of rotatable bonds is 6. The van der Waals surface area contributed by atoms with E-state index in [1.54, 1.807) is 19.4 Å². The van der Waals surface area contributed by atoms with Crippen LogP contribution >= 0.6 is 0 Å². The zero-order chi connectivity index (χ0) is 11.1. The van der Waals surface area contributed by atoms with Gasteiger partial charge in [-0.15, -0.1) is 0 Å². The Morgan fingerprint density at radius 2 is 2.33 bits per heavy atom. The average Bonchev–Trinajstić information content (AvgIpc) is 2.24. The number of anilines is 1. The maximum absolute atomic E-state index is 10.8. The minimum Gasteiger partial charge on any atom is -0.481 e. The second-order valence-electron chi connectivity index (χ2n) is 3.00. The van der Waals surface area contributed by atoms with E-state index in [0.29, 0.717) is 11.6 Å². The third kappa shape index (κ3) is 4.73. The molecule has 0 saturated heterocycles. The van der Waals surface area contributed by atoms with Crippen molar-refractivity contribution in [2.45, 2.75) is 6.42 Å². The first-order valence-corrected chi connectivity index (χ1v) is 6.35. The van der Waals surface area contributed by atoms with Gasteiger partial charge in [0.25, 0.3) is 0 Å². The van der Waals surface area contributed by atoms with Crippen molar-refractivity contribution in [3.8, 4) is 5.88 Å². The SMILES string of the molecule is COc1cc(NCCCS(C)=O)ncn1. The Morgan fingerprint density at radius 3 is 3.00 bits per heavy atom. The number of methoxy groups -OCH3 is 1. The van der Waals surface area contributed by atoms with Crippen LogP contribution in [0.15, 0.2) is 12.4 Å². The summed E-state index contributed by atoms with van der Waals surface area (Å²) in [5.41, 5.74) is 0. The van der Waals surface area contributed by atoms with Gasteiger partial charge in [0.1, 0.15) is 12.1 Å². The third-order valence-electron chi connectivity index (χ3n) is 1.77. The lowest BCUT2D eigenvalue weighted by molar-refractivity contribution is 0.397. The van der Waals surface area contributed by atoms with Gasteiger partial charge in [0.05, 0.1) is 7.11 Å². The average molecular weight is 229 g/mol. The Balaban J connectivity index is 2.33. The van der Waals surface area contributed by atoms with Crippen LogP contribution in [0.3, 0.4) is 0 Å². The van der Waals surface area contributed by atoms with Crippen molar-refractivity contribution in [1.29, 1.82) is 0 Å². The summed E-state index contributed by atoms with van der Waals surface area (Å²) >= 11 is 0. The zero-order valence-corrected chi connectivity index (χ0v) is 9.71. The Morgan fingerprint density at radius 1 is 1.53 bits per heavy atom.